The fourth-order valence-electron chi connectivity index (χ4n) is 2.16. The lowest BCUT2D eigenvalue weighted by Crippen LogP contribution is -2.23. The van der Waals surface area contributed by atoms with Gasteiger partial charge in [0.15, 0.2) is 5.82 Å². The van der Waals surface area contributed by atoms with E-state index in [1.54, 1.807) is 30.5 Å². The smallest absolute Gasteiger partial charge is 0.291 e. The number of aromatic nitrogens is 3. The van der Waals surface area contributed by atoms with Crippen LogP contribution in [0.3, 0.4) is 0 Å². The Bertz CT molecular complexity index is 1080. The Kier molecular flexibility index (Phi) is 3.36. The van der Waals surface area contributed by atoms with E-state index in [1.165, 1.54) is 15.9 Å². The highest BCUT2D eigenvalue weighted by Crippen LogP contribution is 2.08. The SMILES string of the molecule is O=c1c(=Cc2ccco2)sc2nc(C=Cc3ccccc3)nn12. The van der Waals surface area contributed by atoms with Crippen LogP contribution in [0.5, 0.6) is 0 Å². The zero-order valence-electron chi connectivity index (χ0n) is 11.9. The zero-order chi connectivity index (χ0) is 15.6. The van der Waals surface area contributed by atoms with Crippen molar-refractivity contribution in [1.29, 1.82) is 0 Å². The van der Waals surface area contributed by atoms with E-state index in [-0.39, 0.29) is 5.56 Å². The summed E-state index contributed by atoms with van der Waals surface area (Å²) in [5, 5.41) is 4.24. The topological polar surface area (TPSA) is 60.4 Å². The third kappa shape index (κ3) is 2.72. The third-order valence-electron chi connectivity index (χ3n) is 3.24. The van der Waals surface area contributed by atoms with Crippen molar-refractivity contribution >= 4 is 34.5 Å². The van der Waals surface area contributed by atoms with Gasteiger partial charge in [-0.05, 0) is 23.8 Å². The summed E-state index contributed by atoms with van der Waals surface area (Å²) in [4.78, 5) is 17.3. The number of thiazole rings is 1. The predicted molar refractivity (Wildman–Crippen MR) is 90.0 cm³/mol. The molecule has 0 aliphatic heterocycles. The molecule has 0 amide bonds. The van der Waals surface area contributed by atoms with E-state index in [1.807, 2.05) is 36.4 Å². The summed E-state index contributed by atoms with van der Waals surface area (Å²) in [5.41, 5.74) is 0.869. The van der Waals surface area contributed by atoms with Gasteiger partial charge in [0.05, 0.1) is 6.26 Å². The number of rotatable bonds is 3. The van der Waals surface area contributed by atoms with Crippen LogP contribution < -0.4 is 10.1 Å². The number of hydrogen-bond acceptors (Lipinski definition) is 5. The number of nitrogens with zero attached hydrogens (tertiary/aromatic N) is 3. The molecule has 3 aromatic heterocycles. The van der Waals surface area contributed by atoms with E-state index < -0.39 is 0 Å². The first-order valence-corrected chi connectivity index (χ1v) is 7.79. The Morgan fingerprint density at radius 2 is 1.96 bits per heavy atom. The fraction of sp³-hybridized carbons (Fsp3) is 0. The molecule has 0 aliphatic rings. The average molecular weight is 321 g/mol. The number of furan rings is 1. The first-order chi connectivity index (χ1) is 11.3. The van der Waals surface area contributed by atoms with Crippen molar-refractivity contribution in [2.45, 2.75) is 0 Å². The fourth-order valence-corrected chi connectivity index (χ4v) is 3.05. The van der Waals surface area contributed by atoms with Crippen molar-refractivity contribution in [3.8, 4) is 0 Å². The molecule has 112 valence electrons. The van der Waals surface area contributed by atoms with Gasteiger partial charge in [0.1, 0.15) is 10.3 Å². The van der Waals surface area contributed by atoms with Gasteiger partial charge in [0, 0.05) is 6.08 Å². The van der Waals surface area contributed by atoms with Crippen molar-refractivity contribution in [2.75, 3.05) is 0 Å². The summed E-state index contributed by atoms with van der Waals surface area (Å²) < 4.78 is 7.10. The predicted octanol–water partition coefficient (Wildman–Crippen LogP) is 2.46. The van der Waals surface area contributed by atoms with Gasteiger partial charge in [-0.2, -0.15) is 9.50 Å². The maximum absolute atomic E-state index is 12.3. The molecule has 0 spiro atoms. The van der Waals surface area contributed by atoms with Crippen LogP contribution in [0, 0.1) is 0 Å². The molecule has 0 N–H and O–H groups in total. The summed E-state index contributed by atoms with van der Waals surface area (Å²) in [7, 11) is 0. The van der Waals surface area contributed by atoms with Crippen LogP contribution in [0.4, 0.5) is 0 Å². The van der Waals surface area contributed by atoms with E-state index in [9.17, 15) is 4.79 Å². The van der Waals surface area contributed by atoms with Gasteiger partial charge in [0.2, 0.25) is 4.96 Å². The Morgan fingerprint density at radius 1 is 1.09 bits per heavy atom. The molecule has 6 heteroatoms. The van der Waals surface area contributed by atoms with Crippen LogP contribution in [-0.2, 0) is 0 Å². The van der Waals surface area contributed by atoms with Crippen LogP contribution in [0.1, 0.15) is 17.1 Å². The quantitative estimate of drug-likeness (QED) is 0.581. The summed E-state index contributed by atoms with van der Waals surface area (Å²) in [6, 6.07) is 13.4. The van der Waals surface area contributed by atoms with Crippen LogP contribution in [0.25, 0.3) is 23.2 Å². The highest BCUT2D eigenvalue weighted by atomic mass is 32.1. The van der Waals surface area contributed by atoms with Crippen molar-refractivity contribution in [3.63, 3.8) is 0 Å². The third-order valence-corrected chi connectivity index (χ3v) is 4.20. The summed E-state index contributed by atoms with van der Waals surface area (Å²) >= 11 is 1.29. The lowest BCUT2D eigenvalue weighted by molar-refractivity contribution is 0.556. The minimum atomic E-state index is -0.187. The average Bonchev–Trinajstić information content (AvgIpc) is 3.27. The normalized spacial score (nSPS) is 12.6. The van der Waals surface area contributed by atoms with E-state index in [0.29, 0.717) is 21.1 Å². The van der Waals surface area contributed by atoms with Crippen LogP contribution >= 0.6 is 11.3 Å². The van der Waals surface area contributed by atoms with Crippen molar-refractivity contribution < 1.29 is 4.42 Å². The largest absolute Gasteiger partial charge is 0.465 e. The zero-order valence-corrected chi connectivity index (χ0v) is 12.7. The first kappa shape index (κ1) is 13.7. The molecule has 0 saturated carbocycles. The maximum atomic E-state index is 12.3. The molecule has 4 rings (SSSR count). The lowest BCUT2D eigenvalue weighted by atomic mass is 10.2. The Morgan fingerprint density at radius 3 is 2.70 bits per heavy atom. The molecule has 1 aromatic carbocycles. The second-order valence-electron chi connectivity index (χ2n) is 4.84. The van der Waals surface area contributed by atoms with Gasteiger partial charge in [-0.15, -0.1) is 5.10 Å². The molecule has 0 fully saturated rings. The molecule has 4 aromatic rings. The monoisotopic (exact) mass is 321 g/mol. The molecular formula is C17H11N3O2S. The molecule has 0 radical (unpaired) electrons. The molecule has 0 aliphatic carbocycles. The van der Waals surface area contributed by atoms with E-state index in [2.05, 4.69) is 10.1 Å². The molecule has 0 atom stereocenters. The number of hydrogen-bond donors (Lipinski definition) is 0. The van der Waals surface area contributed by atoms with E-state index in [0.717, 1.165) is 5.56 Å². The van der Waals surface area contributed by atoms with Gasteiger partial charge in [-0.25, -0.2) is 0 Å². The van der Waals surface area contributed by atoms with Crippen LogP contribution in [-0.4, -0.2) is 14.6 Å². The Labute approximate surface area is 134 Å². The van der Waals surface area contributed by atoms with Crippen molar-refractivity contribution in [2.24, 2.45) is 0 Å². The molecule has 5 nitrogen and oxygen atoms in total. The summed E-state index contributed by atoms with van der Waals surface area (Å²) in [5.74, 6) is 1.15. The highest BCUT2D eigenvalue weighted by molar-refractivity contribution is 7.15. The van der Waals surface area contributed by atoms with Crippen LogP contribution in [0.2, 0.25) is 0 Å². The lowest BCUT2D eigenvalue weighted by Gasteiger charge is -1.88. The maximum Gasteiger partial charge on any atom is 0.291 e. The molecular weight excluding hydrogens is 310 g/mol. The summed E-state index contributed by atoms with van der Waals surface area (Å²) in [6.45, 7) is 0. The van der Waals surface area contributed by atoms with Gasteiger partial charge >= 0.3 is 0 Å². The van der Waals surface area contributed by atoms with Gasteiger partial charge in [0.25, 0.3) is 5.56 Å². The second kappa shape index (κ2) is 5.66. The highest BCUT2D eigenvalue weighted by Gasteiger charge is 2.09. The Balaban J connectivity index is 1.71. The molecule has 0 bridgehead atoms. The number of fused-ring (bicyclic) bond motifs is 1. The van der Waals surface area contributed by atoms with Gasteiger partial charge in [-0.1, -0.05) is 47.7 Å². The Hall–Kier alpha value is -2.99. The second-order valence-corrected chi connectivity index (χ2v) is 5.85. The molecule has 0 unspecified atom stereocenters. The summed E-state index contributed by atoms with van der Waals surface area (Å²) in [6.07, 6.45) is 6.98. The number of benzene rings is 1. The molecule has 0 saturated heterocycles. The van der Waals surface area contributed by atoms with E-state index in [4.69, 9.17) is 4.42 Å². The molecule has 23 heavy (non-hydrogen) atoms. The van der Waals surface area contributed by atoms with Crippen molar-refractivity contribution in [3.05, 3.63) is 80.8 Å². The minimum absolute atomic E-state index is 0.187. The molecule has 3 heterocycles. The van der Waals surface area contributed by atoms with Crippen LogP contribution in [0.15, 0.2) is 57.9 Å². The van der Waals surface area contributed by atoms with Crippen molar-refractivity contribution in [1.82, 2.24) is 14.6 Å². The van der Waals surface area contributed by atoms with Gasteiger partial charge in [-0.3, -0.25) is 4.79 Å². The minimum Gasteiger partial charge on any atom is -0.465 e. The van der Waals surface area contributed by atoms with Gasteiger partial charge < -0.3 is 4.42 Å². The standard InChI is InChI=1S/C17H11N3O2S/c21-16-14(11-13-7-4-10-22-13)23-17-18-15(19-20(16)17)9-8-12-5-2-1-3-6-12/h1-11H. The first-order valence-electron chi connectivity index (χ1n) is 6.97. The van der Waals surface area contributed by atoms with E-state index >= 15 is 0 Å².